The van der Waals surface area contributed by atoms with Crippen molar-refractivity contribution in [2.24, 2.45) is 0 Å². The molecule has 0 aromatic rings. The lowest BCUT2D eigenvalue weighted by Crippen LogP contribution is -2.17. The highest BCUT2D eigenvalue weighted by Crippen LogP contribution is 2.25. The third-order valence-corrected chi connectivity index (χ3v) is 2.04. The molecule has 52 valence electrons. The average Bonchev–Trinajstić information content (AvgIpc) is 2.33. The zero-order chi connectivity index (χ0) is 6.97. The van der Waals surface area contributed by atoms with Crippen LogP contribution in [0.15, 0.2) is 35.6 Å². The monoisotopic (exact) mass is 133 g/mol. The average molecular weight is 133 g/mol. The summed E-state index contributed by atoms with van der Waals surface area (Å²) in [5.41, 5.74) is 2.90. The van der Waals surface area contributed by atoms with E-state index >= 15 is 0 Å². The van der Waals surface area contributed by atoms with E-state index in [2.05, 4.69) is 36.4 Å². The predicted octanol–water partition coefficient (Wildman–Crippen LogP) is 1.70. The van der Waals surface area contributed by atoms with Crippen LogP contribution >= 0.6 is 0 Å². The molecule has 0 aromatic heterocycles. The fourth-order valence-electron chi connectivity index (χ4n) is 1.42. The fourth-order valence-corrected chi connectivity index (χ4v) is 1.42. The second-order valence-corrected chi connectivity index (χ2v) is 2.87. The molecular weight excluding hydrogens is 122 g/mol. The predicted molar refractivity (Wildman–Crippen MR) is 42.6 cm³/mol. The van der Waals surface area contributed by atoms with Gasteiger partial charge in [0.25, 0.3) is 0 Å². The number of nitrogens with zero attached hydrogens (tertiary/aromatic N) is 1. The molecule has 1 aliphatic heterocycles. The van der Waals surface area contributed by atoms with E-state index in [1.807, 2.05) is 0 Å². The minimum Gasteiger partial charge on any atom is -0.380 e. The second kappa shape index (κ2) is 2.01. The van der Waals surface area contributed by atoms with Crippen LogP contribution in [0.4, 0.5) is 0 Å². The van der Waals surface area contributed by atoms with E-state index in [1.54, 1.807) is 0 Å². The van der Waals surface area contributed by atoms with Gasteiger partial charge in [0.05, 0.1) is 0 Å². The third kappa shape index (κ3) is 0.783. The summed E-state index contributed by atoms with van der Waals surface area (Å²) in [5.74, 6) is 0. The maximum atomic E-state index is 2.24. The van der Waals surface area contributed by atoms with Crippen LogP contribution in [0.25, 0.3) is 0 Å². The van der Waals surface area contributed by atoms with Gasteiger partial charge in [-0.15, -0.1) is 0 Å². The molecular formula is C9H11N. The van der Waals surface area contributed by atoms with Gasteiger partial charge in [-0.25, -0.2) is 0 Å². The minimum atomic E-state index is 1.16. The summed E-state index contributed by atoms with van der Waals surface area (Å²) in [5, 5.41) is 0. The highest BCUT2D eigenvalue weighted by Gasteiger charge is 2.11. The van der Waals surface area contributed by atoms with E-state index in [0.29, 0.717) is 0 Å². The summed E-state index contributed by atoms with van der Waals surface area (Å²) in [6, 6.07) is 0. The molecule has 0 N–H and O–H groups in total. The normalized spacial score (nSPS) is 22.3. The lowest BCUT2D eigenvalue weighted by atomic mass is 10.0. The van der Waals surface area contributed by atoms with Gasteiger partial charge in [0, 0.05) is 19.8 Å². The van der Waals surface area contributed by atoms with Gasteiger partial charge >= 0.3 is 0 Å². The van der Waals surface area contributed by atoms with Gasteiger partial charge in [-0.05, 0) is 17.6 Å². The zero-order valence-corrected chi connectivity index (χ0v) is 6.17. The van der Waals surface area contributed by atoms with E-state index < -0.39 is 0 Å². The number of hydrogen-bond acceptors (Lipinski definition) is 1. The summed E-state index contributed by atoms with van der Waals surface area (Å²) in [6.45, 7) is 1.16. The van der Waals surface area contributed by atoms with Gasteiger partial charge in [0.15, 0.2) is 0 Å². The van der Waals surface area contributed by atoms with Gasteiger partial charge < -0.3 is 4.90 Å². The van der Waals surface area contributed by atoms with Crippen LogP contribution in [0.3, 0.4) is 0 Å². The quantitative estimate of drug-likeness (QED) is 0.486. The molecule has 0 unspecified atom stereocenters. The molecule has 1 nitrogen and oxygen atoms in total. The summed E-state index contributed by atoms with van der Waals surface area (Å²) in [7, 11) is 2.12. The van der Waals surface area contributed by atoms with Crippen LogP contribution in [0, 0.1) is 0 Å². The van der Waals surface area contributed by atoms with Crippen LogP contribution in [0.2, 0.25) is 0 Å². The molecule has 0 spiro atoms. The molecule has 0 radical (unpaired) electrons. The van der Waals surface area contributed by atoms with E-state index in [-0.39, 0.29) is 0 Å². The maximum Gasteiger partial charge on any atom is 0.0210 e. The standard InChI is InChI=1S/C9H11N/c1-10-6-5-8-3-2-4-9(8)7-10/h2-4,7H,5-6H2,1H3. The van der Waals surface area contributed by atoms with Crippen LogP contribution in [0.1, 0.15) is 6.42 Å². The van der Waals surface area contributed by atoms with Crippen molar-refractivity contribution in [2.75, 3.05) is 13.6 Å². The first kappa shape index (κ1) is 5.78. The fraction of sp³-hybridized carbons (Fsp3) is 0.333. The van der Waals surface area contributed by atoms with Crippen molar-refractivity contribution >= 4 is 0 Å². The minimum absolute atomic E-state index is 1.16. The Morgan fingerprint density at radius 1 is 1.50 bits per heavy atom. The Balaban J connectivity index is 2.34. The van der Waals surface area contributed by atoms with Gasteiger partial charge in [-0.1, -0.05) is 18.2 Å². The summed E-state index contributed by atoms with van der Waals surface area (Å²) < 4.78 is 0. The topological polar surface area (TPSA) is 3.24 Å². The Bertz CT molecular complexity index is 233. The molecule has 2 rings (SSSR count). The number of hydrogen-bond donors (Lipinski definition) is 0. The van der Waals surface area contributed by atoms with Crippen LogP contribution in [-0.4, -0.2) is 18.5 Å². The van der Waals surface area contributed by atoms with Crippen LogP contribution in [0.5, 0.6) is 0 Å². The molecule has 10 heavy (non-hydrogen) atoms. The van der Waals surface area contributed by atoms with Crippen molar-refractivity contribution in [3.05, 3.63) is 35.6 Å². The van der Waals surface area contributed by atoms with E-state index in [4.69, 9.17) is 0 Å². The Labute approximate surface area is 61.3 Å². The lowest BCUT2D eigenvalue weighted by Gasteiger charge is -2.21. The third-order valence-electron chi connectivity index (χ3n) is 2.04. The Morgan fingerprint density at radius 2 is 2.40 bits per heavy atom. The molecule has 1 heterocycles. The van der Waals surface area contributed by atoms with Crippen molar-refractivity contribution in [3.8, 4) is 0 Å². The molecule has 0 aromatic carbocycles. The number of rotatable bonds is 0. The van der Waals surface area contributed by atoms with Crippen LogP contribution in [-0.2, 0) is 0 Å². The van der Waals surface area contributed by atoms with E-state index in [9.17, 15) is 0 Å². The highest BCUT2D eigenvalue weighted by atomic mass is 15.1. The summed E-state index contributed by atoms with van der Waals surface area (Å²) in [6.07, 6.45) is 9.92. The molecule has 0 bridgehead atoms. The zero-order valence-electron chi connectivity index (χ0n) is 6.17. The molecule has 0 fully saturated rings. The summed E-state index contributed by atoms with van der Waals surface area (Å²) in [4.78, 5) is 2.24. The van der Waals surface area contributed by atoms with Gasteiger partial charge in [0.1, 0.15) is 0 Å². The molecule has 0 saturated heterocycles. The van der Waals surface area contributed by atoms with Gasteiger partial charge in [0.2, 0.25) is 0 Å². The van der Waals surface area contributed by atoms with E-state index in [0.717, 1.165) is 6.54 Å². The van der Waals surface area contributed by atoms with Crippen LogP contribution < -0.4 is 0 Å². The lowest BCUT2D eigenvalue weighted by molar-refractivity contribution is 0.445. The van der Waals surface area contributed by atoms with Crippen molar-refractivity contribution in [1.82, 2.24) is 4.90 Å². The van der Waals surface area contributed by atoms with Crippen molar-refractivity contribution in [3.63, 3.8) is 0 Å². The van der Waals surface area contributed by atoms with Crippen molar-refractivity contribution < 1.29 is 0 Å². The second-order valence-electron chi connectivity index (χ2n) is 2.87. The number of fused-ring (bicyclic) bond motifs is 1. The molecule has 0 amide bonds. The Morgan fingerprint density at radius 3 is 3.30 bits per heavy atom. The SMILES string of the molecule is CN1C=C2C=CC=C2CC1. The maximum absolute atomic E-state index is 2.24. The molecule has 1 aliphatic carbocycles. The molecule has 0 saturated carbocycles. The van der Waals surface area contributed by atoms with Crippen molar-refractivity contribution in [1.29, 1.82) is 0 Å². The van der Waals surface area contributed by atoms with E-state index in [1.165, 1.54) is 17.6 Å². The molecule has 1 heteroatoms. The van der Waals surface area contributed by atoms with Crippen molar-refractivity contribution in [2.45, 2.75) is 6.42 Å². The first-order valence-electron chi connectivity index (χ1n) is 3.66. The smallest absolute Gasteiger partial charge is 0.0210 e. The first-order chi connectivity index (χ1) is 4.86. The molecule has 0 atom stereocenters. The van der Waals surface area contributed by atoms with Gasteiger partial charge in [-0.2, -0.15) is 0 Å². The number of allylic oxidation sites excluding steroid dienone is 4. The molecule has 2 aliphatic rings. The Hall–Kier alpha value is -0.980. The van der Waals surface area contributed by atoms with Gasteiger partial charge in [-0.3, -0.25) is 0 Å². The highest BCUT2D eigenvalue weighted by molar-refractivity contribution is 5.49. The Kier molecular flexibility index (Phi) is 1.16. The first-order valence-corrected chi connectivity index (χ1v) is 3.66. The largest absolute Gasteiger partial charge is 0.380 e. The summed E-state index contributed by atoms with van der Waals surface area (Å²) >= 11 is 0.